The summed E-state index contributed by atoms with van der Waals surface area (Å²) in [4.78, 5) is 25.3. The smallest absolute Gasteiger partial charge is 0.338 e. The summed E-state index contributed by atoms with van der Waals surface area (Å²) in [7, 11) is 0. The summed E-state index contributed by atoms with van der Waals surface area (Å²) in [6, 6.07) is 5.56. The third-order valence-corrected chi connectivity index (χ3v) is 5.25. The molecule has 150 valence electrons. The maximum Gasteiger partial charge on any atom is 0.338 e. The van der Waals surface area contributed by atoms with Crippen LogP contribution in [0.3, 0.4) is 0 Å². The number of hydrogen-bond acceptors (Lipinski definition) is 6. The van der Waals surface area contributed by atoms with Gasteiger partial charge in [-0.1, -0.05) is 12.1 Å². The number of ether oxygens (including phenoxy) is 2. The van der Waals surface area contributed by atoms with Crippen molar-refractivity contribution >= 4 is 29.0 Å². The molecule has 0 saturated carbocycles. The van der Waals surface area contributed by atoms with Gasteiger partial charge in [-0.15, -0.1) is 0 Å². The highest BCUT2D eigenvalue weighted by molar-refractivity contribution is 7.80. The molecule has 2 heterocycles. The summed E-state index contributed by atoms with van der Waals surface area (Å²) in [6.07, 6.45) is 1.99. The van der Waals surface area contributed by atoms with Gasteiger partial charge in [0, 0.05) is 24.4 Å². The Hall–Kier alpha value is -2.52. The van der Waals surface area contributed by atoms with E-state index in [9.17, 15) is 14.9 Å². The molecule has 0 bridgehead atoms. The number of allylic oxidation sites excluding steroid dienone is 1. The van der Waals surface area contributed by atoms with Crippen LogP contribution >= 0.6 is 12.2 Å². The lowest BCUT2D eigenvalue weighted by molar-refractivity contribution is -0.384. The highest BCUT2D eigenvalue weighted by Gasteiger charge is 2.36. The minimum absolute atomic E-state index is 0.0483. The Bertz CT molecular complexity index is 820. The Balaban J connectivity index is 2.00. The molecule has 1 fully saturated rings. The molecule has 2 aliphatic heterocycles. The van der Waals surface area contributed by atoms with Gasteiger partial charge in [0.1, 0.15) is 0 Å². The van der Waals surface area contributed by atoms with Crippen LogP contribution in [0.5, 0.6) is 0 Å². The molecule has 1 aromatic rings. The lowest BCUT2D eigenvalue weighted by Gasteiger charge is -2.38. The van der Waals surface area contributed by atoms with Crippen LogP contribution in [0.25, 0.3) is 0 Å². The number of nitrogens with one attached hydrogen (secondary N) is 1. The summed E-state index contributed by atoms with van der Waals surface area (Å²) in [5, 5.41) is 14.8. The molecule has 3 rings (SSSR count). The van der Waals surface area contributed by atoms with E-state index in [1.165, 1.54) is 12.1 Å². The molecule has 0 radical (unpaired) electrons. The first-order valence-electron chi connectivity index (χ1n) is 9.24. The molecule has 1 saturated heterocycles. The predicted octanol–water partition coefficient (Wildman–Crippen LogP) is 2.84. The molecular weight excluding hydrogens is 382 g/mol. The molecule has 8 nitrogen and oxygen atoms in total. The zero-order valence-electron chi connectivity index (χ0n) is 15.8. The van der Waals surface area contributed by atoms with E-state index in [2.05, 4.69) is 5.32 Å². The summed E-state index contributed by atoms with van der Waals surface area (Å²) in [5.41, 5.74) is 1.60. The summed E-state index contributed by atoms with van der Waals surface area (Å²) < 4.78 is 11.0. The maximum absolute atomic E-state index is 12.7. The van der Waals surface area contributed by atoms with Crippen molar-refractivity contribution in [2.75, 3.05) is 19.8 Å². The van der Waals surface area contributed by atoms with E-state index in [1.807, 2.05) is 11.8 Å². The number of nitro groups is 1. The Kier molecular flexibility index (Phi) is 6.25. The number of non-ortho nitro benzene ring substituents is 1. The van der Waals surface area contributed by atoms with Gasteiger partial charge in [0.25, 0.3) is 5.69 Å². The molecule has 2 aliphatic rings. The second-order valence-corrected chi connectivity index (χ2v) is 7.09. The van der Waals surface area contributed by atoms with Crippen molar-refractivity contribution in [2.24, 2.45) is 0 Å². The fourth-order valence-electron chi connectivity index (χ4n) is 3.53. The first kappa shape index (κ1) is 20.2. The van der Waals surface area contributed by atoms with Crippen LogP contribution in [0.1, 0.15) is 38.3 Å². The standard InChI is InChI=1S/C19H23N3O5S/c1-3-26-18(23)16-12(2)21(11-15-8-5-9-27-15)19(28)20-17(16)13-6-4-7-14(10-13)22(24)25/h4,6-7,10,15,17H,3,5,8-9,11H2,1-2H3,(H,20,28)/t15-,17-/m1/s1. The average Bonchev–Trinajstić information content (AvgIpc) is 3.18. The number of carbonyl (C=O) groups is 1. The van der Waals surface area contributed by atoms with Crippen molar-refractivity contribution in [1.29, 1.82) is 0 Å². The summed E-state index contributed by atoms with van der Waals surface area (Å²) >= 11 is 5.54. The minimum Gasteiger partial charge on any atom is -0.463 e. The van der Waals surface area contributed by atoms with Crippen molar-refractivity contribution in [3.63, 3.8) is 0 Å². The Morgan fingerprint density at radius 1 is 1.50 bits per heavy atom. The molecule has 9 heteroatoms. The van der Waals surface area contributed by atoms with Crippen molar-refractivity contribution in [3.05, 3.63) is 51.2 Å². The van der Waals surface area contributed by atoms with Crippen LogP contribution in [0.2, 0.25) is 0 Å². The van der Waals surface area contributed by atoms with E-state index in [0.29, 0.717) is 28.5 Å². The number of nitrogens with zero attached hydrogens (tertiary/aromatic N) is 2. The maximum atomic E-state index is 12.7. The van der Waals surface area contributed by atoms with E-state index < -0.39 is 16.9 Å². The molecule has 1 N–H and O–H groups in total. The first-order chi connectivity index (χ1) is 13.4. The molecule has 0 aliphatic carbocycles. The van der Waals surface area contributed by atoms with Crippen LogP contribution in [-0.2, 0) is 14.3 Å². The summed E-state index contributed by atoms with van der Waals surface area (Å²) in [6.45, 7) is 5.05. The zero-order valence-corrected chi connectivity index (χ0v) is 16.7. The van der Waals surface area contributed by atoms with E-state index in [4.69, 9.17) is 21.7 Å². The fourth-order valence-corrected chi connectivity index (χ4v) is 3.86. The molecule has 0 amide bonds. The minimum atomic E-state index is -0.618. The van der Waals surface area contributed by atoms with Crippen LogP contribution in [0, 0.1) is 10.1 Å². The zero-order chi connectivity index (χ0) is 20.3. The highest BCUT2D eigenvalue weighted by Crippen LogP contribution is 2.33. The van der Waals surface area contributed by atoms with Gasteiger partial charge in [0.2, 0.25) is 0 Å². The summed E-state index contributed by atoms with van der Waals surface area (Å²) in [5.74, 6) is -0.469. The lowest BCUT2D eigenvalue weighted by Crippen LogP contribution is -2.50. The molecular formula is C19H23N3O5S. The third-order valence-electron chi connectivity index (χ3n) is 4.92. The topological polar surface area (TPSA) is 93.9 Å². The average molecular weight is 405 g/mol. The lowest BCUT2D eigenvalue weighted by atomic mass is 9.94. The van der Waals surface area contributed by atoms with Crippen LogP contribution < -0.4 is 5.32 Å². The van der Waals surface area contributed by atoms with Crippen molar-refractivity contribution < 1.29 is 19.2 Å². The van der Waals surface area contributed by atoms with Gasteiger partial charge >= 0.3 is 5.97 Å². The molecule has 1 aromatic carbocycles. The van der Waals surface area contributed by atoms with Gasteiger partial charge < -0.3 is 19.7 Å². The number of hydrogen-bond donors (Lipinski definition) is 1. The van der Waals surface area contributed by atoms with Gasteiger partial charge in [0.05, 0.1) is 35.8 Å². The van der Waals surface area contributed by atoms with Gasteiger partial charge in [-0.25, -0.2) is 4.79 Å². The van der Waals surface area contributed by atoms with Crippen LogP contribution in [0.15, 0.2) is 35.5 Å². The molecule has 28 heavy (non-hydrogen) atoms. The van der Waals surface area contributed by atoms with Gasteiger partial charge in [-0.3, -0.25) is 10.1 Å². The number of carbonyl (C=O) groups excluding carboxylic acids is 1. The van der Waals surface area contributed by atoms with E-state index >= 15 is 0 Å². The molecule has 0 unspecified atom stereocenters. The number of rotatable bonds is 6. The monoisotopic (exact) mass is 405 g/mol. The predicted molar refractivity (Wildman–Crippen MR) is 107 cm³/mol. The Morgan fingerprint density at radius 3 is 2.93 bits per heavy atom. The first-order valence-corrected chi connectivity index (χ1v) is 9.65. The van der Waals surface area contributed by atoms with Gasteiger partial charge in [0.15, 0.2) is 5.11 Å². The normalized spacial score (nSPS) is 22.2. The Morgan fingerprint density at radius 2 is 2.29 bits per heavy atom. The SMILES string of the molecule is CCOC(=O)C1=C(C)N(C[C@H]2CCCO2)C(=S)N[C@@H]1c1cccc([N+](=O)[O-])c1. The molecule has 0 spiro atoms. The van der Waals surface area contributed by atoms with Crippen molar-refractivity contribution in [1.82, 2.24) is 10.2 Å². The van der Waals surface area contributed by atoms with E-state index in [0.717, 1.165) is 19.4 Å². The van der Waals surface area contributed by atoms with Gasteiger partial charge in [-0.05, 0) is 44.5 Å². The Labute approximate surface area is 168 Å². The van der Waals surface area contributed by atoms with Crippen LogP contribution in [0.4, 0.5) is 5.69 Å². The number of esters is 1. The molecule has 0 aromatic heterocycles. The van der Waals surface area contributed by atoms with Crippen molar-refractivity contribution in [3.8, 4) is 0 Å². The largest absolute Gasteiger partial charge is 0.463 e. The number of nitro benzene ring substituents is 1. The number of benzene rings is 1. The molecule has 2 atom stereocenters. The fraction of sp³-hybridized carbons (Fsp3) is 0.474. The quantitative estimate of drug-likeness (QED) is 0.334. The second kappa shape index (κ2) is 8.66. The van der Waals surface area contributed by atoms with Crippen LogP contribution in [-0.4, -0.2) is 46.8 Å². The van der Waals surface area contributed by atoms with E-state index in [-0.39, 0.29) is 18.4 Å². The second-order valence-electron chi connectivity index (χ2n) is 6.70. The van der Waals surface area contributed by atoms with Gasteiger partial charge in [-0.2, -0.15) is 0 Å². The third kappa shape index (κ3) is 4.15. The van der Waals surface area contributed by atoms with E-state index in [1.54, 1.807) is 19.1 Å². The van der Waals surface area contributed by atoms with Crippen molar-refractivity contribution in [2.45, 2.75) is 38.8 Å². The highest BCUT2D eigenvalue weighted by atomic mass is 32.1. The number of thiocarbonyl (C=S) groups is 1.